The summed E-state index contributed by atoms with van der Waals surface area (Å²) in [5, 5.41) is 0. The molecule has 0 aliphatic rings. The smallest absolute Gasteiger partial charge is 0.416 e. The number of rotatable bonds is 9. The lowest BCUT2D eigenvalue weighted by Crippen LogP contribution is -2.32. The summed E-state index contributed by atoms with van der Waals surface area (Å²) in [4.78, 5) is 25.9. The van der Waals surface area contributed by atoms with Crippen molar-refractivity contribution in [3.8, 4) is 0 Å². The van der Waals surface area contributed by atoms with E-state index in [-0.39, 0.29) is 22.7 Å². The second kappa shape index (κ2) is 11.3. The molecule has 0 aliphatic carbocycles. The van der Waals surface area contributed by atoms with Crippen LogP contribution in [0.2, 0.25) is 0 Å². The van der Waals surface area contributed by atoms with Gasteiger partial charge in [-0.1, -0.05) is 36.4 Å². The van der Waals surface area contributed by atoms with Crippen LogP contribution in [0.5, 0.6) is 0 Å². The first-order chi connectivity index (χ1) is 17.4. The zero-order chi connectivity index (χ0) is 27.2. The van der Waals surface area contributed by atoms with Gasteiger partial charge >= 0.3 is 12.1 Å². The first-order valence-corrected chi connectivity index (χ1v) is 12.3. The highest BCUT2D eigenvalue weighted by atomic mass is 32.2. The van der Waals surface area contributed by atoms with E-state index in [1.165, 1.54) is 42.3 Å². The van der Waals surface area contributed by atoms with E-state index in [0.29, 0.717) is 11.8 Å². The molecule has 7 nitrogen and oxygen atoms in total. The molecular weight excluding hydrogens is 509 g/mol. The third-order valence-electron chi connectivity index (χ3n) is 5.26. The Morgan fingerprint density at radius 2 is 1.59 bits per heavy atom. The molecule has 0 radical (unpaired) electrons. The number of carbonyl (C=O) groups excluding carboxylic acids is 2. The molecule has 0 saturated heterocycles. The SMILES string of the molecule is C=CCN(c1cccc(C(F)(F)F)c1)S(=O)(=O)c1cccc(C(=O)OCC(=O)N(C)c2ccccc2)c1. The molecule has 0 aliphatic heterocycles. The quantitative estimate of drug-likeness (QED) is 0.289. The predicted octanol–water partition coefficient (Wildman–Crippen LogP) is 4.91. The van der Waals surface area contributed by atoms with Crippen LogP contribution in [0.15, 0.2) is 96.4 Å². The Balaban J connectivity index is 1.82. The third-order valence-corrected chi connectivity index (χ3v) is 7.05. The number of benzene rings is 3. The van der Waals surface area contributed by atoms with Gasteiger partial charge in [0.15, 0.2) is 6.61 Å². The van der Waals surface area contributed by atoms with Crippen molar-refractivity contribution in [2.24, 2.45) is 0 Å². The van der Waals surface area contributed by atoms with Gasteiger partial charge in [0, 0.05) is 12.7 Å². The van der Waals surface area contributed by atoms with Crippen molar-refractivity contribution in [3.63, 3.8) is 0 Å². The van der Waals surface area contributed by atoms with Gasteiger partial charge in [-0.3, -0.25) is 9.10 Å². The maximum atomic E-state index is 13.4. The Bertz CT molecular complexity index is 1390. The number of carbonyl (C=O) groups is 2. The van der Waals surface area contributed by atoms with E-state index in [1.807, 2.05) is 0 Å². The monoisotopic (exact) mass is 532 g/mol. The molecule has 3 aromatic rings. The molecule has 3 rings (SSSR count). The van der Waals surface area contributed by atoms with E-state index in [0.717, 1.165) is 22.5 Å². The van der Waals surface area contributed by atoms with Crippen molar-refractivity contribution < 1.29 is 35.9 Å². The number of amides is 1. The highest BCUT2D eigenvalue weighted by molar-refractivity contribution is 7.92. The van der Waals surface area contributed by atoms with Gasteiger partial charge in [-0.2, -0.15) is 13.2 Å². The Labute approximate surface area is 212 Å². The largest absolute Gasteiger partial charge is 0.452 e. The first-order valence-electron chi connectivity index (χ1n) is 10.8. The van der Waals surface area contributed by atoms with Gasteiger partial charge in [0.25, 0.3) is 15.9 Å². The zero-order valence-electron chi connectivity index (χ0n) is 19.7. The van der Waals surface area contributed by atoms with E-state index < -0.39 is 40.2 Å². The number of halogens is 3. The summed E-state index contributed by atoms with van der Waals surface area (Å²) in [7, 11) is -2.89. The number of anilines is 2. The molecule has 0 N–H and O–H groups in total. The summed E-state index contributed by atoms with van der Waals surface area (Å²) in [6.45, 7) is 2.58. The van der Waals surface area contributed by atoms with Gasteiger partial charge in [-0.05, 0) is 48.5 Å². The minimum absolute atomic E-state index is 0.154. The summed E-state index contributed by atoms with van der Waals surface area (Å²) in [6, 6.07) is 17.4. The van der Waals surface area contributed by atoms with Crippen molar-refractivity contribution in [1.82, 2.24) is 0 Å². The number of alkyl halides is 3. The molecule has 194 valence electrons. The number of hydrogen-bond donors (Lipinski definition) is 0. The lowest BCUT2D eigenvalue weighted by molar-refractivity contribution is -0.137. The molecule has 0 saturated carbocycles. The van der Waals surface area contributed by atoms with Crippen molar-refractivity contribution in [2.75, 3.05) is 29.4 Å². The van der Waals surface area contributed by atoms with E-state index in [4.69, 9.17) is 4.74 Å². The van der Waals surface area contributed by atoms with Crippen LogP contribution >= 0.6 is 0 Å². The minimum Gasteiger partial charge on any atom is -0.452 e. The average molecular weight is 533 g/mol. The molecule has 11 heteroatoms. The Kier molecular flexibility index (Phi) is 8.38. The molecule has 0 atom stereocenters. The first kappa shape index (κ1) is 27.5. The summed E-state index contributed by atoms with van der Waals surface area (Å²) in [5.41, 5.74) is -0.804. The molecule has 0 fully saturated rings. The Morgan fingerprint density at radius 1 is 0.946 bits per heavy atom. The van der Waals surface area contributed by atoms with Gasteiger partial charge in [-0.25, -0.2) is 13.2 Å². The number of para-hydroxylation sites is 1. The van der Waals surface area contributed by atoms with Crippen molar-refractivity contribution in [2.45, 2.75) is 11.1 Å². The maximum absolute atomic E-state index is 13.4. The van der Waals surface area contributed by atoms with Gasteiger partial charge in [0.05, 0.1) is 28.3 Å². The standard InChI is InChI=1S/C26H23F3N2O5S/c1-3-15-31(22-13-8-10-20(17-22)26(27,28)29)37(34,35)23-14-7-9-19(16-23)25(33)36-18-24(32)30(2)21-11-5-4-6-12-21/h3-14,16-17H,1,15,18H2,2H3. The lowest BCUT2D eigenvalue weighted by atomic mass is 10.2. The maximum Gasteiger partial charge on any atom is 0.416 e. The van der Waals surface area contributed by atoms with Gasteiger partial charge < -0.3 is 9.64 Å². The van der Waals surface area contributed by atoms with Crippen LogP contribution in [-0.4, -0.2) is 40.5 Å². The number of nitrogens with zero attached hydrogens (tertiary/aromatic N) is 2. The fourth-order valence-electron chi connectivity index (χ4n) is 3.31. The third kappa shape index (κ3) is 6.56. The molecule has 0 aromatic heterocycles. The van der Waals surface area contributed by atoms with Crippen molar-refractivity contribution >= 4 is 33.3 Å². The van der Waals surface area contributed by atoms with Crippen LogP contribution in [0, 0.1) is 0 Å². The molecule has 0 spiro atoms. The molecule has 0 heterocycles. The molecule has 0 bridgehead atoms. The fourth-order valence-corrected chi connectivity index (χ4v) is 4.78. The molecule has 1 amide bonds. The summed E-state index contributed by atoms with van der Waals surface area (Å²) < 4.78 is 72.1. The Hall–Kier alpha value is -4.12. The fraction of sp³-hybridized carbons (Fsp3) is 0.154. The summed E-state index contributed by atoms with van der Waals surface area (Å²) in [5.74, 6) is -1.45. The Morgan fingerprint density at radius 3 is 2.24 bits per heavy atom. The van der Waals surface area contributed by atoms with Crippen LogP contribution in [0.25, 0.3) is 0 Å². The minimum atomic E-state index is -4.67. The van der Waals surface area contributed by atoms with Gasteiger partial charge in [0.2, 0.25) is 0 Å². The number of likely N-dealkylation sites (N-methyl/N-ethyl adjacent to an activating group) is 1. The highest BCUT2D eigenvalue weighted by Gasteiger charge is 2.32. The summed E-state index contributed by atoms with van der Waals surface area (Å²) in [6.07, 6.45) is -3.44. The average Bonchev–Trinajstić information content (AvgIpc) is 2.89. The van der Waals surface area contributed by atoms with Crippen molar-refractivity contribution in [1.29, 1.82) is 0 Å². The van der Waals surface area contributed by atoms with Crippen LogP contribution in [-0.2, 0) is 25.7 Å². The van der Waals surface area contributed by atoms with E-state index >= 15 is 0 Å². The molecule has 0 unspecified atom stereocenters. The number of sulfonamides is 1. The predicted molar refractivity (Wildman–Crippen MR) is 133 cm³/mol. The van der Waals surface area contributed by atoms with Crippen molar-refractivity contribution in [3.05, 3.63) is 103 Å². The second-order valence-corrected chi connectivity index (χ2v) is 9.63. The van der Waals surface area contributed by atoms with Crippen LogP contribution in [0.1, 0.15) is 15.9 Å². The van der Waals surface area contributed by atoms with E-state index in [2.05, 4.69) is 6.58 Å². The van der Waals surface area contributed by atoms with E-state index in [9.17, 15) is 31.2 Å². The van der Waals surface area contributed by atoms with Crippen LogP contribution < -0.4 is 9.21 Å². The van der Waals surface area contributed by atoms with Crippen LogP contribution in [0.3, 0.4) is 0 Å². The summed E-state index contributed by atoms with van der Waals surface area (Å²) >= 11 is 0. The number of esters is 1. The highest BCUT2D eigenvalue weighted by Crippen LogP contribution is 2.33. The van der Waals surface area contributed by atoms with Gasteiger partial charge in [-0.15, -0.1) is 6.58 Å². The zero-order valence-corrected chi connectivity index (χ0v) is 20.5. The normalized spacial score (nSPS) is 11.5. The molecular formula is C26H23F3N2O5S. The van der Waals surface area contributed by atoms with Crippen LogP contribution in [0.4, 0.5) is 24.5 Å². The second-order valence-electron chi connectivity index (χ2n) is 7.77. The molecule has 37 heavy (non-hydrogen) atoms. The number of hydrogen-bond acceptors (Lipinski definition) is 5. The molecule has 3 aromatic carbocycles. The lowest BCUT2D eigenvalue weighted by Gasteiger charge is -2.24. The topological polar surface area (TPSA) is 84.0 Å². The van der Waals surface area contributed by atoms with E-state index in [1.54, 1.807) is 30.3 Å². The number of ether oxygens (including phenoxy) is 1. The van der Waals surface area contributed by atoms with Gasteiger partial charge in [0.1, 0.15) is 0 Å².